The van der Waals surface area contributed by atoms with E-state index in [1.165, 1.54) is 6.92 Å². The van der Waals surface area contributed by atoms with E-state index >= 15 is 0 Å². The van der Waals surface area contributed by atoms with Crippen molar-refractivity contribution in [2.75, 3.05) is 0 Å². The first-order valence-corrected chi connectivity index (χ1v) is 3.14. The summed E-state index contributed by atoms with van der Waals surface area (Å²) in [6.45, 7) is 3.14. The number of hydrazine groups is 1. The quantitative estimate of drug-likeness (QED) is 0.245. The lowest BCUT2D eigenvalue weighted by Gasteiger charge is -2.07. The lowest BCUT2D eigenvalue weighted by molar-refractivity contribution is -0.133. The third kappa shape index (κ3) is 2.14. The fourth-order valence-electron chi connectivity index (χ4n) is 0.758. The number of nitrogens with one attached hydrogen (secondary N) is 1. The maximum absolute atomic E-state index is 10.7. The lowest BCUT2D eigenvalue weighted by Crippen LogP contribution is -2.38. The molecule has 0 aromatic rings. The molecule has 1 unspecified atom stereocenters. The van der Waals surface area contributed by atoms with Crippen molar-refractivity contribution >= 4 is 11.7 Å². The molecular weight excluding hydrogens is 132 g/mol. The molecular formula is C6H12N2O2. The molecule has 0 aliphatic carbocycles. The van der Waals surface area contributed by atoms with Crippen molar-refractivity contribution in [3.05, 3.63) is 0 Å². The second-order valence-electron chi connectivity index (χ2n) is 2.08. The van der Waals surface area contributed by atoms with Gasteiger partial charge in [-0.3, -0.25) is 15.0 Å². The van der Waals surface area contributed by atoms with E-state index in [0.717, 1.165) is 0 Å². The van der Waals surface area contributed by atoms with Crippen LogP contribution in [0.3, 0.4) is 0 Å². The average molecular weight is 144 g/mol. The van der Waals surface area contributed by atoms with Gasteiger partial charge in [0.15, 0.2) is 0 Å². The molecule has 1 amide bonds. The average Bonchev–Trinajstić information content (AvgIpc) is 1.88. The standard InChI is InChI=1S/C6H12N2O2/c1-3-5(4(2)9)6(10)8-7/h5H,3,7H2,1-2H3,(H,8,10). The molecule has 0 bridgehead atoms. The molecule has 0 radical (unpaired) electrons. The van der Waals surface area contributed by atoms with Crippen LogP contribution in [0.1, 0.15) is 20.3 Å². The Morgan fingerprint density at radius 3 is 2.20 bits per heavy atom. The topological polar surface area (TPSA) is 72.2 Å². The maximum atomic E-state index is 10.7. The van der Waals surface area contributed by atoms with E-state index in [4.69, 9.17) is 5.84 Å². The van der Waals surface area contributed by atoms with Gasteiger partial charge in [-0.1, -0.05) is 6.92 Å². The molecule has 1 atom stereocenters. The van der Waals surface area contributed by atoms with Crippen LogP contribution in [0.15, 0.2) is 0 Å². The Balaban J connectivity index is 4.06. The van der Waals surface area contributed by atoms with Crippen molar-refractivity contribution in [1.29, 1.82) is 0 Å². The van der Waals surface area contributed by atoms with Crippen molar-refractivity contribution in [2.24, 2.45) is 11.8 Å². The Morgan fingerprint density at radius 1 is 1.60 bits per heavy atom. The molecule has 10 heavy (non-hydrogen) atoms. The van der Waals surface area contributed by atoms with Gasteiger partial charge in [0, 0.05) is 0 Å². The number of carbonyl (C=O) groups excluding carboxylic acids is 2. The minimum absolute atomic E-state index is 0.148. The van der Waals surface area contributed by atoms with E-state index in [9.17, 15) is 9.59 Å². The summed E-state index contributed by atoms with van der Waals surface area (Å²) >= 11 is 0. The second kappa shape index (κ2) is 4.00. The molecule has 0 rings (SSSR count). The van der Waals surface area contributed by atoms with Crippen molar-refractivity contribution in [3.8, 4) is 0 Å². The van der Waals surface area contributed by atoms with Gasteiger partial charge in [0.05, 0.1) is 5.92 Å². The highest BCUT2D eigenvalue weighted by Crippen LogP contribution is 2.02. The number of amides is 1. The predicted octanol–water partition coefficient (Wildman–Crippen LogP) is -0.409. The van der Waals surface area contributed by atoms with E-state index in [0.29, 0.717) is 6.42 Å². The van der Waals surface area contributed by atoms with Gasteiger partial charge in [-0.2, -0.15) is 0 Å². The van der Waals surface area contributed by atoms with Crippen LogP contribution in [-0.4, -0.2) is 11.7 Å². The third-order valence-electron chi connectivity index (χ3n) is 1.36. The molecule has 0 heterocycles. The molecule has 0 aromatic carbocycles. The summed E-state index contributed by atoms with van der Waals surface area (Å²) in [7, 11) is 0. The monoisotopic (exact) mass is 144 g/mol. The van der Waals surface area contributed by atoms with Crippen LogP contribution in [0.2, 0.25) is 0 Å². The summed E-state index contributed by atoms with van der Waals surface area (Å²) < 4.78 is 0. The number of nitrogens with two attached hydrogens (primary N) is 1. The summed E-state index contributed by atoms with van der Waals surface area (Å²) in [6.07, 6.45) is 0.498. The number of Topliss-reactive ketones (excluding diaryl/α,β-unsaturated/α-hetero) is 1. The SMILES string of the molecule is CCC(C(C)=O)C(=O)NN. The Bertz CT molecular complexity index is 145. The summed E-state index contributed by atoms with van der Waals surface area (Å²) in [5, 5.41) is 0. The first-order chi connectivity index (χ1) is 4.63. The van der Waals surface area contributed by atoms with Crippen LogP contribution >= 0.6 is 0 Å². The Labute approximate surface area is 59.7 Å². The van der Waals surface area contributed by atoms with Crippen LogP contribution in [0.25, 0.3) is 0 Å². The van der Waals surface area contributed by atoms with E-state index in [1.807, 2.05) is 5.43 Å². The van der Waals surface area contributed by atoms with Gasteiger partial charge < -0.3 is 0 Å². The Hall–Kier alpha value is -0.900. The largest absolute Gasteiger partial charge is 0.299 e. The fourth-order valence-corrected chi connectivity index (χ4v) is 0.758. The smallest absolute Gasteiger partial charge is 0.244 e. The molecule has 0 saturated carbocycles. The zero-order chi connectivity index (χ0) is 8.15. The molecule has 0 saturated heterocycles. The van der Waals surface area contributed by atoms with Crippen molar-refractivity contribution in [1.82, 2.24) is 5.43 Å². The number of hydrogen-bond donors (Lipinski definition) is 2. The first-order valence-electron chi connectivity index (χ1n) is 3.14. The van der Waals surface area contributed by atoms with Gasteiger partial charge in [-0.25, -0.2) is 5.84 Å². The van der Waals surface area contributed by atoms with Crippen molar-refractivity contribution < 1.29 is 9.59 Å². The number of ketones is 1. The highest BCUT2D eigenvalue weighted by atomic mass is 16.2. The summed E-state index contributed by atoms with van der Waals surface area (Å²) in [5.41, 5.74) is 1.94. The van der Waals surface area contributed by atoms with Gasteiger partial charge in [0.1, 0.15) is 5.78 Å². The molecule has 4 nitrogen and oxygen atoms in total. The second-order valence-corrected chi connectivity index (χ2v) is 2.08. The van der Waals surface area contributed by atoms with Gasteiger partial charge >= 0.3 is 0 Å². The molecule has 58 valence electrons. The van der Waals surface area contributed by atoms with Crippen LogP contribution in [0.5, 0.6) is 0 Å². The first kappa shape index (κ1) is 9.10. The van der Waals surface area contributed by atoms with Gasteiger partial charge in [0.25, 0.3) is 0 Å². The zero-order valence-corrected chi connectivity index (χ0v) is 6.18. The third-order valence-corrected chi connectivity index (χ3v) is 1.36. The van der Waals surface area contributed by atoms with Gasteiger partial charge in [-0.05, 0) is 13.3 Å². The highest BCUT2D eigenvalue weighted by Gasteiger charge is 2.19. The predicted molar refractivity (Wildman–Crippen MR) is 36.8 cm³/mol. The lowest BCUT2D eigenvalue weighted by atomic mass is 10.0. The molecule has 0 fully saturated rings. The zero-order valence-electron chi connectivity index (χ0n) is 6.18. The molecule has 4 heteroatoms. The number of carbonyl (C=O) groups is 2. The minimum atomic E-state index is -0.579. The van der Waals surface area contributed by atoms with Gasteiger partial charge in [0.2, 0.25) is 5.91 Å². The van der Waals surface area contributed by atoms with Crippen LogP contribution in [0, 0.1) is 5.92 Å². The molecule has 0 aromatic heterocycles. The van der Waals surface area contributed by atoms with Crippen molar-refractivity contribution in [2.45, 2.75) is 20.3 Å². The molecule has 0 aliphatic rings. The Kier molecular flexibility index (Phi) is 3.64. The highest BCUT2D eigenvalue weighted by molar-refractivity contribution is 5.99. The van der Waals surface area contributed by atoms with Crippen LogP contribution in [0.4, 0.5) is 0 Å². The Morgan fingerprint density at radius 2 is 2.10 bits per heavy atom. The van der Waals surface area contributed by atoms with E-state index in [1.54, 1.807) is 6.92 Å². The molecule has 0 aliphatic heterocycles. The van der Waals surface area contributed by atoms with E-state index in [-0.39, 0.29) is 5.78 Å². The summed E-state index contributed by atoms with van der Waals surface area (Å²) in [6, 6.07) is 0. The molecule has 3 N–H and O–H groups in total. The van der Waals surface area contributed by atoms with Gasteiger partial charge in [-0.15, -0.1) is 0 Å². The normalized spacial score (nSPS) is 12.3. The van der Waals surface area contributed by atoms with E-state index < -0.39 is 11.8 Å². The van der Waals surface area contributed by atoms with E-state index in [2.05, 4.69) is 0 Å². The van der Waals surface area contributed by atoms with Crippen LogP contribution in [-0.2, 0) is 9.59 Å². The number of hydrogen-bond acceptors (Lipinski definition) is 3. The summed E-state index contributed by atoms with van der Waals surface area (Å²) in [5.74, 6) is 3.70. The number of rotatable bonds is 3. The fraction of sp³-hybridized carbons (Fsp3) is 0.667. The minimum Gasteiger partial charge on any atom is -0.299 e. The maximum Gasteiger partial charge on any atom is 0.244 e. The van der Waals surface area contributed by atoms with Crippen LogP contribution < -0.4 is 11.3 Å². The summed E-state index contributed by atoms with van der Waals surface area (Å²) in [4.78, 5) is 21.4. The molecule has 0 spiro atoms. The van der Waals surface area contributed by atoms with Crippen molar-refractivity contribution in [3.63, 3.8) is 0 Å².